The van der Waals surface area contributed by atoms with Crippen LogP contribution < -0.4 is 5.32 Å². The van der Waals surface area contributed by atoms with E-state index < -0.39 is 0 Å². The Labute approximate surface area is 159 Å². The molecule has 2 aliphatic rings. The minimum absolute atomic E-state index is 0.0480. The Balaban J connectivity index is 1.31. The third-order valence-corrected chi connectivity index (χ3v) is 5.96. The summed E-state index contributed by atoms with van der Waals surface area (Å²) in [5.41, 5.74) is 2.77. The van der Waals surface area contributed by atoms with Crippen LogP contribution in [0.3, 0.4) is 0 Å². The van der Waals surface area contributed by atoms with Crippen molar-refractivity contribution in [3.63, 3.8) is 0 Å². The van der Waals surface area contributed by atoms with Crippen LogP contribution in [0.2, 0.25) is 0 Å². The van der Waals surface area contributed by atoms with Crippen LogP contribution in [0.4, 0.5) is 4.79 Å². The van der Waals surface area contributed by atoms with Crippen LogP contribution >= 0.6 is 0 Å². The molecule has 1 unspecified atom stereocenters. The van der Waals surface area contributed by atoms with Gasteiger partial charge in [0.05, 0.1) is 0 Å². The first-order valence-corrected chi connectivity index (χ1v) is 9.77. The zero-order valence-electron chi connectivity index (χ0n) is 15.8. The number of fused-ring (bicyclic) bond motifs is 1. The molecule has 1 atom stereocenters. The van der Waals surface area contributed by atoms with E-state index in [0.29, 0.717) is 5.82 Å². The van der Waals surface area contributed by atoms with E-state index >= 15 is 0 Å². The molecule has 144 valence electrons. The van der Waals surface area contributed by atoms with Gasteiger partial charge < -0.3 is 19.9 Å². The molecule has 4 rings (SSSR count). The molecule has 2 N–H and O–H groups in total. The number of hydrogen-bond acceptors (Lipinski definition) is 4. The summed E-state index contributed by atoms with van der Waals surface area (Å²) in [6.07, 6.45) is 4.70. The molecule has 7 heteroatoms. The van der Waals surface area contributed by atoms with Crippen LogP contribution in [0.25, 0.3) is 0 Å². The van der Waals surface area contributed by atoms with Gasteiger partial charge in [0.25, 0.3) is 0 Å². The number of amides is 2. The molecule has 1 aliphatic heterocycles. The van der Waals surface area contributed by atoms with Gasteiger partial charge in [-0.05, 0) is 43.2 Å². The monoisotopic (exact) mass is 369 g/mol. The van der Waals surface area contributed by atoms with E-state index in [1.165, 1.54) is 11.1 Å². The Hall–Kier alpha value is -2.41. The number of aryl methyl sites for hydroxylation is 1. The summed E-state index contributed by atoms with van der Waals surface area (Å²) in [5.74, 6) is 1.78. The molecular formula is C20H27N5O2. The summed E-state index contributed by atoms with van der Waals surface area (Å²) in [6, 6.07) is 8.78. The van der Waals surface area contributed by atoms with Gasteiger partial charge in [-0.2, -0.15) is 0 Å². The van der Waals surface area contributed by atoms with E-state index in [0.717, 1.165) is 51.0 Å². The highest BCUT2D eigenvalue weighted by atomic mass is 16.3. The summed E-state index contributed by atoms with van der Waals surface area (Å²) in [7, 11) is 1.89. The lowest BCUT2D eigenvalue weighted by molar-refractivity contribution is 0.175. The van der Waals surface area contributed by atoms with Crippen molar-refractivity contribution in [1.29, 1.82) is 0 Å². The number of likely N-dealkylation sites (tertiary alicyclic amines) is 1. The van der Waals surface area contributed by atoms with Crippen molar-refractivity contribution >= 4 is 6.03 Å². The van der Waals surface area contributed by atoms with Gasteiger partial charge >= 0.3 is 6.03 Å². The zero-order valence-corrected chi connectivity index (χ0v) is 15.8. The third kappa shape index (κ3) is 3.69. The van der Waals surface area contributed by atoms with Crippen molar-refractivity contribution in [2.24, 2.45) is 7.05 Å². The van der Waals surface area contributed by atoms with Gasteiger partial charge in [0, 0.05) is 32.1 Å². The maximum Gasteiger partial charge on any atom is 0.317 e. The van der Waals surface area contributed by atoms with Crippen LogP contribution in [0.1, 0.15) is 48.0 Å². The molecule has 1 aliphatic carbocycles. The number of piperidine rings is 1. The maximum absolute atomic E-state index is 12.7. The fraction of sp³-hybridized carbons (Fsp3) is 0.550. The smallest absolute Gasteiger partial charge is 0.317 e. The summed E-state index contributed by atoms with van der Waals surface area (Å²) in [4.78, 5) is 14.6. The third-order valence-electron chi connectivity index (χ3n) is 5.96. The van der Waals surface area contributed by atoms with Crippen LogP contribution in [-0.2, 0) is 26.5 Å². The standard InChI is InChI=1S/C20H27N5O2/c1-24-18(13-26)22-23-19(24)15-8-10-25(11-9-15)20(27)21-17-7-6-14-4-2-3-5-16(14)12-17/h2-5,15,17,26H,6-13H2,1H3,(H,21,27). The van der Waals surface area contributed by atoms with Gasteiger partial charge in [-0.3, -0.25) is 0 Å². The Bertz CT molecular complexity index is 810. The fourth-order valence-electron chi connectivity index (χ4n) is 4.30. The van der Waals surface area contributed by atoms with Gasteiger partial charge in [0.1, 0.15) is 12.4 Å². The molecule has 0 radical (unpaired) electrons. The lowest BCUT2D eigenvalue weighted by Crippen LogP contribution is -2.49. The van der Waals surface area contributed by atoms with Crippen molar-refractivity contribution in [1.82, 2.24) is 25.0 Å². The SMILES string of the molecule is Cn1c(CO)nnc1C1CCN(C(=O)NC2CCc3ccccc3C2)CC1. The second-order valence-corrected chi connectivity index (χ2v) is 7.61. The molecule has 1 aromatic carbocycles. The Kier molecular flexibility index (Phi) is 5.11. The summed E-state index contributed by atoms with van der Waals surface area (Å²) in [6.45, 7) is 1.34. The molecule has 2 amide bonds. The quantitative estimate of drug-likeness (QED) is 0.863. The minimum Gasteiger partial charge on any atom is -0.388 e. The van der Waals surface area contributed by atoms with Gasteiger partial charge in [0.15, 0.2) is 5.82 Å². The van der Waals surface area contributed by atoms with Gasteiger partial charge in [0.2, 0.25) is 0 Å². The number of rotatable bonds is 3. The van der Waals surface area contributed by atoms with Crippen molar-refractivity contribution in [2.45, 2.75) is 50.7 Å². The highest BCUT2D eigenvalue weighted by Gasteiger charge is 2.29. The summed E-state index contributed by atoms with van der Waals surface area (Å²) in [5, 5.41) is 20.8. The minimum atomic E-state index is -0.102. The number of aliphatic hydroxyl groups excluding tert-OH is 1. The van der Waals surface area contributed by atoms with Crippen molar-refractivity contribution in [3.05, 3.63) is 47.0 Å². The number of benzene rings is 1. The fourth-order valence-corrected chi connectivity index (χ4v) is 4.30. The molecule has 0 spiro atoms. The maximum atomic E-state index is 12.7. The molecule has 0 bridgehead atoms. The first-order chi connectivity index (χ1) is 13.2. The topological polar surface area (TPSA) is 83.3 Å². The number of aromatic nitrogens is 3. The lowest BCUT2D eigenvalue weighted by atomic mass is 9.88. The van der Waals surface area contributed by atoms with Crippen LogP contribution in [0.5, 0.6) is 0 Å². The molecule has 1 fully saturated rings. The van der Waals surface area contributed by atoms with E-state index in [1.54, 1.807) is 0 Å². The van der Waals surface area contributed by atoms with E-state index in [9.17, 15) is 9.90 Å². The second-order valence-electron chi connectivity index (χ2n) is 7.61. The average molecular weight is 369 g/mol. The zero-order chi connectivity index (χ0) is 18.8. The van der Waals surface area contributed by atoms with Gasteiger partial charge in [-0.1, -0.05) is 24.3 Å². The first kappa shape index (κ1) is 18.0. The Morgan fingerprint density at radius 2 is 1.93 bits per heavy atom. The van der Waals surface area contributed by atoms with Crippen molar-refractivity contribution < 1.29 is 9.90 Å². The number of carbonyl (C=O) groups excluding carboxylic acids is 1. The number of nitrogens with one attached hydrogen (secondary N) is 1. The molecular weight excluding hydrogens is 342 g/mol. The number of hydrogen-bond donors (Lipinski definition) is 2. The van der Waals surface area contributed by atoms with Gasteiger partial charge in [-0.15, -0.1) is 10.2 Å². The molecule has 7 nitrogen and oxygen atoms in total. The highest BCUT2D eigenvalue weighted by Crippen LogP contribution is 2.27. The summed E-state index contributed by atoms with van der Waals surface area (Å²) >= 11 is 0. The van der Waals surface area contributed by atoms with Crippen LogP contribution in [-0.4, -0.2) is 49.9 Å². The molecule has 2 heterocycles. The van der Waals surface area contributed by atoms with Gasteiger partial charge in [-0.25, -0.2) is 4.79 Å². The van der Waals surface area contributed by atoms with E-state index in [-0.39, 0.29) is 24.6 Å². The number of aliphatic hydroxyl groups is 1. The predicted octanol–water partition coefficient (Wildman–Crippen LogP) is 1.75. The van der Waals surface area contributed by atoms with E-state index in [2.05, 4.69) is 39.8 Å². The molecule has 1 saturated heterocycles. The second kappa shape index (κ2) is 7.68. The first-order valence-electron chi connectivity index (χ1n) is 9.77. The van der Waals surface area contributed by atoms with Crippen LogP contribution in [0.15, 0.2) is 24.3 Å². The van der Waals surface area contributed by atoms with Crippen molar-refractivity contribution in [2.75, 3.05) is 13.1 Å². The summed E-state index contributed by atoms with van der Waals surface area (Å²) < 4.78 is 1.87. The lowest BCUT2D eigenvalue weighted by Gasteiger charge is -2.34. The Morgan fingerprint density at radius 3 is 2.63 bits per heavy atom. The molecule has 0 saturated carbocycles. The average Bonchev–Trinajstić information content (AvgIpc) is 3.08. The number of urea groups is 1. The largest absolute Gasteiger partial charge is 0.388 e. The normalized spacial score (nSPS) is 20.4. The molecule has 1 aromatic heterocycles. The Morgan fingerprint density at radius 1 is 1.19 bits per heavy atom. The predicted molar refractivity (Wildman–Crippen MR) is 101 cm³/mol. The number of nitrogens with zero attached hydrogens (tertiary/aromatic N) is 4. The van der Waals surface area contributed by atoms with E-state index in [1.807, 2.05) is 16.5 Å². The van der Waals surface area contributed by atoms with E-state index in [4.69, 9.17) is 0 Å². The number of carbonyl (C=O) groups is 1. The molecule has 27 heavy (non-hydrogen) atoms. The van der Waals surface area contributed by atoms with Crippen molar-refractivity contribution in [3.8, 4) is 0 Å². The molecule has 2 aromatic rings. The van der Waals surface area contributed by atoms with Crippen LogP contribution in [0, 0.1) is 0 Å². The highest BCUT2D eigenvalue weighted by molar-refractivity contribution is 5.74.